The number of aliphatic hydroxyl groups is 1. The van der Waals surface area contributed by atoms with Crippen molar-refractivity contribution < 1.29 is 24.2 Å². The number of thioether (sulfide) groups is 1. The summed E-state index contributed by atoms with van der Waals surface area (Å²) in [6.45, 7) is 10.5. The summed E-state index contributed by atoms with van der Waals surface area (Å²) in [5, 5.41) is 17.5. The van der Waals surface area contributed by atoms with E-state index in [4.69, 9.17) is 22.1 Å². The molecule has 1 heterocycles. The molecule has 5 N–H and O–H groups in total. The first-order valence-corrected chi connectivity index (χ1v) is 16.2. The molecule has 1 saturated heterocycles. The van der Waals surface area contributed by atoms with Crippen LogP contribution in [0.3, 0.4) is 0 Å². The van der Waals surface area contributed by atoms with Crippen LogP contribution >= 0.6 is 23.4 Å². The molecule has 1 aliphatic rings. The molecule has 3 aromatic carbocycles. The summed E-state index contributed by atoms with van der Waals surface area (Å²) in [4.78, 5) is 42.5. The predicted octanol–water partition coefficient (Wildman–Crippen LogP) is 4.64. The van der Waals surface area contributed by atoms with Gasteiger partial charge in [0.25, 0.3) is 11.8 Å². The highest BCUT2D eigenvalue weighted by atomic mass is 35.5. The smallest absolute Gasteiger partial charge is 0.254 e. The summed E-state index contributed by atoms with van der Waals surface area (Å²) in [6.07, 6.45) is -1.54. The number of nitrogens with zero attached hydrogens (tertiary/aromatic N) is 1. The zero-order chi connectivity index (χ0) is 32.9. The molecule has 1 unspecified atom stereocenters. The van der Waals surface area contributed by atoms with Gasteiger partial charge in [-0.2, -0.15) is 0 Å². The molecule has 3 amide bonds. The Morgan fingerprint density at radius 2 is 1.73 bits per heavy atom. The van der Waals surface area contributed by atoms with Crippen molar-refractivity contribution in [2.24, 2.45) is 0 Å². The van der Waals surface area contributed by atoms with Gasteiger partial charge in [-0.3, -0.25) is 14.4 Å². The lowest BCUT2D eigenvalue weighted by atomic mass is 9.96. The molecule has 0 aliphatic carbocycles. The summed E-state index contributed by atoms with van der Waals surface area (Å²) in [6, 6.07) is 16.0. The lowest BCUT2D eigenvalue weighted by Gasteiger charge is -2.33. The van der Waals surface area contributed by atoms with Gasteiger partial charge in [-0.25, -0.2) is 0 Å². The Bertz CT molecular complexity index is 1530. The predicted molar refractivity (Wildman–Crippen MR) is 179 cm³/mol. The number of aliphatic hydroxyl groups excluding tert-OH is 1. The highest BCUT2D eigenvalue weighted by Crippen LogP contribution is 2.40. The van der Waals surface area contributed by atoms with Crippen molar-refractivity contribution in [3.05, 3.63) is 93.5 Å². The number of ether oxygens (including phenoxy) is 1. The molecule has 0 bridgehead atoms. The number of carbonyl (C=O) groups is 3. The molecule has 4 rings (SSSR count). The van der Waals surface area contributed by atoms with E-state index in [0.29, 0.717) is 18.9 Å². The Morgan fingerprint density at radius 1 is 1.09 bits per heavy atom. The lowest BCUT2D eigenvalue weighted by Crippen LogP contribution is -2.58. The van der Waals surface area contributed by atoms with E-state index in [0.717, 1.165) is 22.3 Å². The zero-order valence-corrected chi connectivity index (χ0v) is 27.8. The first kappa shape index (κ1) is 34.1. The van der Waals surface area contributed by atoms with E-state index in [1.54, 1.807) is 24.3 Å². The summed E-state index contributed by atoms with van der Waals surface area (Å²) >= 11 is 7.77. The summed E-state index contributed by atoms with van der Waals surface area (Å²) in [5.41, 5.74) is 10.2. The van der Waals surface area contributed by atoms with Crippen LogP contribution in [0, 0.1) is 13.8 Å². The molecule has 9 nitrogen and oxygen atoms in total. The van der Waals surface area contributed by atoms with Crippen LogP contribution in [0.15, 0.2) is 60.7 Å². The molecule has 0 saturated carbocycles. The number of rotatable bonds is 11. The fraction of sp³-hybridized carbons (Fsp3) is 0.382. The molecule has 3 aromatic rings. The Hall–Kier alpha value is -3.73. The molecular formula is C34H41ClN4O5S. The van der Waals surface area contributed by atoms with Crippen molar-refractivity contribution in [2.45, 2.75) is 70.5 Å². The van der Waals surface area contributed by atoms with Crippen molar-refractivity contribution in [3.8, 4) is 5.75 Å². The second-order valence-corrected chi connectivity index (χ2v) is 13.7. The third-order valence-corrected chi connectivity index (χ3v) is 9.87. The molecule has 0 aromatic heterocycles. The highest BCUT2D eigenvalue weighted by Gasteiger charge is 2.49. The molecule has 1 fully saturated rings. The monoisotopic (exact) mass is 652 g/mol. The highest BCUT2D eigenvalue weighted by molar-refractivity contribution is 8.00. The minimum atomic E-state index is -1.66. The minimum absolute atomic E-state index is 0.0777. The number of hydrogen-bond donors (Lipinski definition) is 4. The van der Waals surface area contributed by atoms with Crippen molar-refractivity contribution in [1.29, 1.82) is 0 Å². The van der Waals surface area contributed by atoms with Crippen LogP contribution in [0.25, 0.3) is 0 Å². The number of anilines is 1. The van der Waals surface area contributed by atoms with Gasteiger partial charge in [0.05, 0.1) is 34.8 Å². The van der Waals surface area contributed by atoms with Gasteiger partial charge in [-0.15, -0.1) is 11.8 Å². The third-order valence-electron chi connectivity index (χ3n) is 8.07. The minimum Gasteiger partial charge on any atom is -0.494 e. The van der Waals surface area contributed by atoms with Crippen LogP contribution in [-0.2, 0) is 22.6 Å². The quantitative estimate of drug-likeness (QED) is 0.222. The first-order valence-electron chi connectivity index (χ1n) is 14.9. The normalized spacial score (nSPS) is 17.0. The van der Waals surface area contributed by atoms with E-state index in [1.807, 2.05) is 65.0 Å². The summed E-state index contributed by atoms with van der Waals surface area (Å²) < 4.78 is 4.91. The van der Waals surface area contributed by atoms with Gasteiger partial charge in [0, 0.05) is 11.3 Å². The van der Waals surface area contributed by atoms with Crippen LogP contribution in [-0.4, -0.2) is 63.1 Å². The fourth-order valence-corrected chi connectivity index (χ4v) is 6.86. The number of amides is 3. The molecule has 45 heavy (non-hydrogen) atoms. The number of benzene rings is 3. The van der Waals surface area contributed by atoms with Gasteiger partial charge in [0.1, 0.15) is 11.8 Å². The number of nitrogens with two attached hydrogens (primary N) is 1. The lowest BCUT2D eigenvalue weighted by molar-refractivity contribution is -0.147. The second kappa shape index (κ2) is 14.6. The van der Waals surface area contributed by atoms with Gasteiger partial charge >= 0.3 is 0 Å². The van der Waals surface area contributed by atoms with Crippen molar-refractivity contribution in [3.63, 3.8) is 0 Å². The van der Waals surface area contributed by atoms with E-state index in [2.05, 4.69) is 10.6 Å². The second-order valence-electron chi connectivity index (χ2n) is 11.7. The summed E-state index contributed by atoms with van der Waals surface area (Å²) in [7, 11) is 0. The largest absolute Gasteiger partial charge is 0.494 e. The number of halogens is 1. The van der Waals surface area contributed by atoms with Crippen LogP contribution in [0.4, 0.5) is 5.69 Å². The van der Waals surface area contributed by atoms with Gasteiger partial charge in [-0.05, 0) is 87.6 Å². The van der Waals surface area contributed by atoms with E-state index < -0.39 is 34.7 Å². The molecule has 3 atom stereocenters. The standard InChI is InChI=1S/C34H41ClN4O5S/c1-6-44-23-15-13-22(14-16-23)17-27(38-31(41)24-11-8-12-26(36)28(24)35)29(40)33(43)39-19-45-34(4,5)30(39)32(42)37-18-25-20(2)9-7-10-21(25)3/h7-16,27,29-30,40H,6,17-19,36H2,1-5H3,(H,37,42)(H,38,41)/t27-,29-,30?/m0/s1. The maximum absolute atomic E-state index is 14.0. The van der Waals surface area contributed by atoms with Crippen LogP contribution in [0.1, 0.15) is 53.4 Å². The molecule has 11 heteroatoms. The molecule has 1 aliphatic heterocycles. The Balaban J connectivity index is 1.58. The number of carbonyl (C=O) groups excluding carboxylic acids is 3. The van der Waals surface area contributed by atoms with Gasteiger partial charge in [0.2, 0.25) is 5.91 Å². The topological polar surface area (TPSA) is 134 Å². The van der Waals surface area contributed by atoms with Crippen LogP contribution in [0.2, 0.25) is 5.02 Å². The Morgan fingerprint density at radius 3 is 2.38 bits per heavy atom. The maximum atomic E-state index is 14.0. The molecular weight excluding hydrogens is 612 g/mol. The Kier molecular flexibility index (Phi) is 11.1. The average molecular weight is 653 g/mol. The van der Waals surface area contributed by atoms with Crippen LogP contribution in [0.5, 0.6) is 5.75 Å². The van der Waals surface area contributed by atoms with Crippen molar-refractivity contribution in [2.75, 3.05) is 18.2 Å². The first-order chi connectivity index (χ1) is 21.3. The van der Waals surface area contributed by atoms with E-state index in [1.165, 1.54) is 22.7 Å². The zero-order valence-electron chi connectivity index (χ0n) is 26.2. The Labute approximate surface area is 273 Å². The summed E-state index contributed by atoms with van der Waals surface area (Å²) in [5.74, 6) is -0.679. The molecule has 0 radical (unpaired) electrons. The van der Waals surface area contributed by atoms with Crippen molar-refractivity contribution >= 4 is 46.8 Å². The molecule has 240 valence electrons. The molecule has 0 spiro atoms. The average Bonchev–Trinajstić information content (AvgIpc) is 3.32. The van der Waals surface area contributed by atoms with E-state index in [-0.39, 0.29) is 34.5 Å². The van der Waals surface area contributed by atoms with Gasteiger partial charge in [-0.1, -0.05) is 48.0 Å². The fourth-order valence-electron chi connectivity index (χ4n) is 5.51. The van der Waals surface area contributed by atoms with Crippen molar-refractivity contribution in [1.82, 2.24) is 15.5 Å². The number of nitrogen functional groups attached to an aromatic ring is 1. The number of aryl methyl sites for hydroxylation is 2. The van der Waals surface area contributed by atoms with Gasteiger partial charge in [0.15, 0.2) is 6.10 Å². The van der Waals surface area contributed by atoms with E-state index >= 15 is 0 Å². The number of hydrogen-bond acceptors (Lipinski definition) is 7. The SMILES string of the molecule is CCOc1ccc(C[C@H](NC(=O)c2cccc(N)c2Cl)[C@H](O)C(=O)N2CSC(C)(C)C2C(=O)NCc2c(C)cccc2C)cc1. The maximum Gasteiger partial charge on any atom is 0.254 e. The van der Waals surface area contributed by atoms with Gasteiger partial charge < -0.3 is 31.1 Å². The van der Waals surface area contributed by atoms with E-state index in [9.17, 15) is 19.5 Å². The van der Waals surface area contributed by atoms with Crippen LogP contribution < -0.4 is 21.1 Å². The third kappa shape index (κ3) is 7.92. The number of nitrogens with one attached hydrogen (secondary N) is 2.